The van der Waals surface area contributed by atoms with Crippen molar-refractivity contribution in [3.63, 3.8) is 0 Å². The summed E-state index contributed by atoms with van der Waals surface area (Å²) in [6.07, 6.45) is 6.41. The molecule has 1 aliphatic carbocycles. The van der Waals surface area contributed by atoms with Crippen LogP contribution in [-0.4, -0.2) is 11.1 Å². The molecule has 0 saturated heterocycles. The monoisotopic (exact) mass is 310 g/mol. The molecule has 0 aromatic heterocycles. The summed E-state index contributed by atoms with van der Waals surface area (Å²) in [5, 5.41) is 9.46. The summed E-state index contributed by atoms with van der Waals surface area (Å²) in [6, 6.07) is 7.93. The van der Waals surface area contributed by atoms with Gasteiger partial charge in [-0.3, -0.25) is 4.79 Å². The molecular formula is C15H19BrO2. The van der Waals surface area contributed by atoms with Crippen LogP contribution in [0.4, 0.5) is 0 Å². The lowest BCUT2D eigenvalue weighted by Gasteiger charge is -2.27. The average Bonchev–Trinajstić information content (AvgIpc) is 2.38. The van der Waals surface area contributed by atoms with Crippen LogP contribution in [0.25, 0.3) is 0 Å². The lowest BCUT2D eigenvalue weighted by molar-refractivity contribution is -0.144. The number of hydrogen-bond acceptors (Lipinski definition) is 1. The second-order valence-corrected chi connectivity index (χ2v) is 5.99. The van der Waals surface area contributed by atoms with Crippen molar-refractivity contribution in [3.05, 3.63) is 34.3 Å². The lowest BCUT2D eigenvalue weighted by atomic mass is 9.77. The molecule has 0 amide bonds. The Balaban J connectivity index is 2.11. The van der Waals surface area contributed by atoms with Crippen molar-refractivity contribution in [2.75, 3.05) is 0 Å². The van der Waals surface area contributed by atoms with Crippen molar-refractivity contribution in [1.29, 1.82) is 0 Å². The van der Waals surface area contributed by atoms with E-state index < -0.39 is 5.97 Å². The molecule has 1 atom stereocenters. The highest BCUT2D eigenvalue weighted by atomic mass is 79.9. The highest BCUT2D eigenvalue weighted by Gasteiger charge is 2.29. The minimum Gasteiger partial charge on any atom is -0.481 e. The van der Waals surface area contributed by atoms with Crippen LogP contribution in [0, 0.1) is 11.8 Å². The normalized spacial score (nSPS) is 18.5. The van der Waals surface area contributed by atoms with Crippen LogP contribution in [0.5, 0.6) is 0 Å². The van der Waals surface area contributed by atoms with Crippen LogP contribution < -0.4 is 0 Å². The number of benzene rings is 1. The SMILES string of the molecule is O=C(O)C(Cc1ccccc1Br)C1CCCCC1. The van der Waals surface area contributed by atoms with Crippen molar-refractivity contribution in [2.45, 2.75) is 38.5 Å². The molecule has 0 bridgehead atoms. The van der Waals surface area contributed by atoms with E-state index in [1.165, 1.54) is 19.3 Å². The third kappa shape index (κ3) is 3.35. The summed E-state index contributed by atoms with van der Waals surface area (Å²) in [5.41, 5.74) is 1.11. The Morgan fingerprint density at radius 1 is 1.28 bits per heavy atom. The molecule has 0 radical (unpaired) electrons. The largest absolute Gasteiger partial charge is 0.481 e. The number of halogens is 1. The lowest BCUT2D eigenvalue weighted by Crippen LogP contribution is -2.27. The van der Waals surface area contributed by atoms with Crippen LogP contribution in [-0.2, 0) is 11.2 Å². The molecule has 1 unspecified atom stereocenters. The van der Waals surface area contributed by atoms with E-state index in [-0.39, 0.29) is 5.92 Å². The van der Waals surface area contributed by atoms with E-state index in [0.717, 1.165) is 22.9 Å². The van der Waals surface area contributed by atoms with Crippen molar-refractivity contribution < 1.29 is 9.90 Å². The number of carboxylic acids is 1. The van der Waals surface area contributed by atoms with Crippen LogP contribution in [0.1, 0.15) is 37.7 Å². The highest BCUT2D eigenvalue weighted by molar-refractivity contribution is 9.10. The molecule has 1 saturated carbocycles. The first-order valence-corrected chi connectivity index (χ1v) is 7.44. The van der Waals surface area contributed by atoms with Gasteiger partial charge in [-0.2, -0.15) is 0 Å². The van der Waals surface area contributed by atoms with E-state index in [2.05, 4.69) is 15.9 Å². The Kier molecular flexibility index (Phi) is 4.81. The molecule has 1 aromatic carbocycles. The van der Waals surface area contributed by atoms with E-state index in [1.807, 2.05) is 24.3 Å². The van der Waals surface area contributed by atoms with E-state index in [1.54, 1.807) is 0 Å². The minimum atomic E-state index is -0.641. The average molecular weight is 311 g/mol. The molecule has 1 fully saturated rings. The predicted octanol–water partition coefficient (Wildman–Crippen LogP) is 4.27. The molecule has 1 N–H and O–H groups in total. The van der Waals surface area contributed by atoms with Gasteiger partial charge in [-0.25, -0.2) is 0 Å². The van der Waals surface area contributed by atoms with Gasteiger partial charge in [0, 0.05) is 4.47 Å². The summed E-state index contributed by atoms with van der Waals surface area (Å²) in [4.78, 5) is 11.5. The molecular weight excluding hydrogens is 292 g/mol. The number of carboxylic acid groups (broad SMARTS) is 1. The van der Waals surface area contributed by atoms with Gasteiger partial charge in [0.2, 0.25) is 0 Å². The fourth-order valence-corrected chi connectivity index (χ4v) is 3.34. The quantitative estimate of drug-likeness (QED) is 0.901. The van der Waals surface area contributed by atoms with Gasteiger partial charge in [0.15, 0.2) is 0 Å². The first kappa shape index (κ1) is 13.6. The zero-order chi connectivity index (χ0) is 13.0. The zero-order valence-corrected chi connectivity index (χ0v) is 12.0. The van der Waals surface area contributed by atoms with Gasteiger partial charge < -0.3 is 5.11 Å². The Morgan fingerprint density at radius 3 is 2.56 bits per heavy atom. The third-order valence-electron chi connectivity index (χ3n) is 3.93. The Bertz CT molecular complexity index is 411. The maximum absolute atomic E-state index is 11.5. The van der Waals surface area contributed by atoms with E-state index in [4.69, 9.17) is 0 Å². The topological polar surface area (TPSA) is 37.3 Å². The Labute approximate surface area is 117 Å². The number of carbonyl (C=O) groups is 1. The maximum atomic E-state index is 11.5. The van der Waals surface area contributed by atoms with Gasteiger partial charge >= 0.3 is 5.97 Å². The van der Waals surface area contributed by atoms with E-state index >= 15 is 0 Å². The second-order valence-electron chi connectivity index (χ2n) is 5.14. The fourth-order valence-electron chi connectivity index (χ4n) is 2.89. The molecule has 1 aliphatic rings. The predicted molar refractivity (Wildman–Crippen MR) is 75.5 cm³/mol. The van der Waals surface area contributed by atoms with E-state index in [9.17, 15) is 9.90 Å². The summed E-state index contributed by atoms with van der Waals surface area (Å²) >= 11 is 3.50. The molecule has 3 heteroatoms. The Hall–Kier alpha value is -0.830. The molecule has 98 valence electrons. The van der Waals surface area contributed by atoms with Gasteiger partial charge in [0.05, 0.1) is 5.92 Å². The van der Waals surface area contributed by atoms with Crippen LogP contribution in [0.15, 0.2) is 28.7 Å². The van der Waals surface area contributed by atoms with Crippen molar-refractivity contribution in [2.24, 2.45) is 11.8 Å². The number of rotatable bonds is 4. The van der Waals surface area contributed by atoms with Gasteiger partial charge in [-0.15, -0.1) is 0 Å². The van der Waals surface area contributed by atoms with Crippen LogP contribution in [0.2, 0.25) is 0 Å². The molecule has 2 nitrogen and oxygen atoms in total. The first-order valence-electron chi connectivity index (χ1n) is 6.64. The zero-order valence-electron chi connectivity index (χ0n) is 10.4. The molecule has 1 aromatic rings. The third-order valence-corrected chi connectivity index (χ3v) is 4.71. The smallest absolute Gasteiger partial charge is 0.307 e. The number of hydrogen-bond donors (Lipinski definition) is 1. The highest BCUT2D eigenvalue weighted by Crippen LogP contribution is 2.33. The molecule has 0 spiro atoms. The fraction of sp³-hybridized carbons (Fsp3) is 0.533. The summed E-state index contributed by atoms with van der Waals surface area (Å²) < 4.78 is 1.02. The summed E-state index contributed by atoms with van der Waals surface area (Å²) in [6.45, 7) is 0. The summed E-state index contributed by atoms with van der Waals surface area (Å²) in [5.74, 6) is -0.523. The van der Waals surface area contributed by atoms with Crippen molar-refractivity contribution >= 4 is 21.9 Å². The summed E-state index contributed by atoms with van der Waals surface area (Å²) in [7, 11) is 0. The van der Waals surface area contributed by atoms with Gasteiger partial charge in [-0.1, -0.05) is 53.4 Å². The van der Waals surface area contributed by atoms with E-state index in [0.29, 0.717) is 12.3 Å². The maximum Gasteiger partial charge on any atom is 0.307 e. The number of aliphatic carboxylic acids is 1. The van der Waals surface area contributed by atoms with Crippen molar-refractivity contribution in [1.82, 2.24) is 0 Å². The Morgan fingerprint density at radius 2 is 1.94 bits per heavy atom. The van der Waals surface area contributed by atoms with Gasteiger partial charge in [-0.05, 0) is 36.8 Å². The molecule has 2 rings (SSSR count). The molecule has 18 heavy (non-hydrogen) atoms. The molecule has 0 heterocycles. The standard InChI is InChI=1S/C15H19BrO2/c16-14-9-5-4-8-12(14)10-13(15(17)18)11-6-2-1-3-7-11/h4-5,8-9,11,13H,1-3,6-7,10H2,(H,17,18). The van der Waals surface area contributed by atoms with Crippen LogP contribution >= 0.6 is 15.9 Å². The van der Waals surface area contributed by atoms with Gasteiger partial charge in [0.1, 0.15) is 0 Å². The van der Waals surface area contributed by atoms with Crippen molar-refractivity contribution in [3.8, 4) is 0 Å². The first-order chi connectivity index (χ1) is 8.68. The molecule has 0 aliphatic heterocycles. The minimum absolute atomic E-state index is 0.232. The van der Waals surface area contributed by atoms with Crippen LogP contribution in [0.3, 0.4) is 0 Å². The van der Waals surface area contributed by atoms with Gasteiger partial charge in [0.25, 0.3) is 0 Å². The second kappa shape index (κ2) is 6.37.